The summed E-state index contributed by atoms with van der Waals surface area (Å²) in [5.41, 5.74) is -0.839. The highest BCUT2D eigenvalue weighted by Gasteiger charge is 2.16. The highest BCUT2D eigenvalue weighted by molar-refractivity contribution is 6.06. The largest absolute Gasteiger partial charge is 0.510 e. The minimum Gasteiger partial charge on any atom is -0.510 e. The maximum atomic E-state index is 13.3. The number of halogens is 2. The predicted octanol–water partition coefficient (Wildman–Crippen LogP) is 2.82. The number of nitrogens with one attached hydrogen (secondary N) is 1. The first-order valence-corrected chi connectivity index (χ1v) is 5.19. The average Bonchev–Trinajstić information content (AvgIpc) is 2.34. The lowest BCUT2D eigenvalue weighted by Gasteiger charge is -2.06. The summed E-state index contributed by atoms with van der Waals surface area (Å²) >= 11 is 0. The zero-order chi connectivity index (χ0) is 14.4. The predicted molar refractivity (Wildman–Crippen MR) is 65.1 cm³/mol. The molecule has 0 radical (unpaired) electrons. The van der Waals surface area contributed by atoms with Crippen LogP contribution in [0.15, 0.2) is 42.2 Å². The quantitative estimate of drug-likeness (QED) is 0.380. The molecule has 0 aliphatic heterocycles. The lowest BCUT2D eigenvalue weighted by atomic mass is 10.2. The van der Waals surface area contributed by atoms with Crippen LogP contribution in [-0.4, -0.2) is 11.0 Å². The van der Waals surface area contributed by atoms with Crippen LogP contribution in [-0.2, 0) is 4.79 Å². The van der Waals surface area contributed by atoms with Crippen LogP contribution in [0.25, 0.3) is 0 Å². The van der Waals surface area contributed by atoms with E-state index in [2.05, 4.69) is 11.9 Å². The minimum absolute atomic E-state index is 0.0672. The third-order valence-electron chi connectivity index (χ3n) is 2.14. The molecule has 0 heterocycles. The summed E-state index contributed by atoms with van der Waals surface area (Å²) in [6, 6.07) is 4.08. The number of hydrogen-bond acceptors (Lipinski definition) is 3. The number of aliphatic hydroxyl groups excluding tert-OH is 1. The third kappa shape index (κ3) is 3.64. The number of nitrogens with zero attached hydrogens (tertiary/aromatic N) is 1. The average molecular weight is 264 g/mol. The highest BCUT2D eigenvalue weighted by atomic mass is 19.1. The molecule has 2 N–H and O–H groups in total. The molecule has 0 aliphatic rings. The number of rotatable bonds is 4. The topological polar surface area (TPSA) is 73.1 Å². The summed E-state index contributed by atoms with van der Waals surface area (Å²) < 4.78 is 26.0. The molecule has 0 aliphatic carbocycles. The summed E-state index contributed by atoms with van der Waals surface area (Å²) in [5, 5.41) is 20.3. The van der Waals surface area contributed by atoms with Crippen LogP contribution in [0.2, 0.25) is 0 Å². The molecule has 0 aromatic heterocycles. The lowest BCUT2D eigenvalue weighted by molar-refractivity contribution is -0.112. The fraction of sp³-hybridized carbons (Fsp3) is 0.0769. The number of benzene rings is 1. The Bertz CT molecular complexity index is 589. The molecule has 0 saturated heterocycles. The van der Waals surface area contributed by atoms with Gasteiger partial charge in [-0.2, -0.15) is 5.26 Å². The molecule has 1 amide bonds. The normalized spacial score (nSPS) is 11.2. The first-order valence-electron chi connectivity index (χ1n) is 5.19. The van der Waals surface area contributed by atoms with Crippen molar-refractivity contribution in [3.63, 3.8) is 0 Å². The Balaban J connectivity index is 2.99. The number of carbonyl (C=O) groups is 1. The highest BCUT2D eigenvalue weighted by Crippen LogP contribution is 2.16. The van der Waals surface area contributed by atoms with Crippen LogP contribution in [0.4, 0.5) is 14.5 Å². The van der Waals surface area contributed by atoms with E-state index in [-0.39, 0.29) is 12.1 Å². The second kappa shape index (κ2) is 6.31. The van der Waals surface area contributed by atoms with Crippen molar-refractivity contribution in [1.29, 1.82) is 5.26 Å². The van der Waals surface area contributed by atoms with E-state index in [4.69, 9.17) is 5.26 Å². The van der Waals surface area contributed by atoms with Crippen molar-refractivity contribution >= 4 is 11.6 Å². The number of allylic oxidation sites excluding steroid dienone is 1. The minimum atomic E-state index is -0.979. The SMILES string of the molecule is C=CC/C(O)=C(\C#N)C(=O)Nc1ccc(F)cc1F. The van der Waals surface area contributed by atoms with Crippen molar-refractivity contribution < 1.29 is 18.7 Å². The monoisotopic (exact) mass is 264 g/mol. The van der Waals surface area contributed by atoms with Gasteiger partial charge in [0.1, 0.15) is 23.5 Å². The van der Waals surface area contributed by atoms with Crippen molar-refractivity contribution in [1.82, 2.24) is 0 Å². The van der Waals surface area contributed by atoms with Crippen molar-refractivity contribution in [3.05, 3.63) is 53.8 Å². The Morgan fingerprint density at radius 3 is 2.74 bits per heavy atom. The van der Waals surface area contributed by atoms with Gasteiger partial charge in [-0.05, 0) is 12.1 Å². The number of aliphatic hydroxyl groups is 1. The fourth-order valence-corrected chi connectivity index (χ4v) is 1.26. The van der Waals surface area contributed by atoms with E-state index < -0.39 is 28.9 Å². The van der Waals surface area contributed by atoms with E-state index >= 15 is 0 Å². The van der Waals surface area contributed by atoms with Gasteiger partial charge in [0.15, 0.2) is 5.57 Å². The van der Waals surface area contributed by atoms with E-state index in [1.54, 1.807) is 0 Å². The second-order valence-corrected chi connectivity index (χ2v) is 3.50. The molecule has 1 aromatic rings. The van der Waals surface area contributed by atoms with E-state index in [1.165, 1.54) is 12.1 Å². The summed E-state index contributed by atoms with van der Waals surface area (Å²) in [6.07, 6.45) is 1.24. The van der Waals surface area contributed by atoms with Gasteiger partial charge in [-0.25, -0.2) is 8.78 Å². The molecule has 1 aromatic carbocycles. The molecule has 0 bridgehead atoms. The Kier molecular flexibility index (Phi) is 4.77. The molecule has 1 rings (SSSR count). The van der Waals surface area contributed by atoms with Gasteiger partial charge in [-0.1, -0.05) is 6.08 Å². The molecule has 0 saturated carbocycles. The Labute approximate surface area is 108 Å². The van der Waals surface area contributed by atoms with Crippen molar-refractivity contribution in [2.75, 3.05) is 5.32 Å². The van der Waals surface area contributed by atoms with E-state index in [9.17, 15) is 18.7 Å². The summed E-state index contributed by atoms with van der Waals surface area (Å²) in [5.74, 6) is -3.22. The lowest BCUT2D eigenvalue weighted by Crippen LogP contribution is -2.16. The van der Waals surface area contributed by atoms with Crippen LogP contribution in [0, 0.1) is 23.0 Å². The number of anilines is 1. The van der Waals surface area contributed by atoms with Crippen LogP contribution >= 0.6 is 0 Å². The van der Waals surface area contributed by atoms with Gasteiger partial charge in [0.05, 0.1) is 5.69 Å². The molecule has 0 fully saturated rings. The van der Waals surface area contributed by atoms with Crippen molar-refractivity contribution in [2.45, 2.75) is 6.42 Å². The molecular formula is C13H10F2N2O2. The van der Waals surface area contributed by atoms with E-state index in [1.807, 2.05) is 0 Å². The Morgan fingerprint density at radius 1 is 1.53 bits per heavy atom. The number of nitriles is 1. The van der Waals surface area contributed by atoms with Crippen LogP contribution in [0.3, 0.4) is 0 Å². The van der Waals surface area contributed by atoms with Gasteiger partial charge in [-0.3, -0.25) is 4.79 Å². The van der Waals surface area contributed by atoms with Gasteiger partial charge in [-0.15, -0.1) is 6.58 Å². The molecular weight excluding hydrogens is 254 g/mol. The zero-order valence-electron chi connectivity index (χ0n) is 9.78. The summed E-state index contributed by atoms with van der Waals surface area (Å²) in [4.78, 5) is 11.7. The first-order chi connectivity index (χ1) is 8.99. The summed E-state index contributed by atoms with van der Waals surface area (Å²) in [7, 11) is 0. The van der Waals surface area contributed by atoms with Gasteiger partial charge in [0.2, 0.25) is 0 Å². The number of hydrogen-bond donors (Lipinski definition) is 2. The van der Waals surface area contributed by atoms with Gasteiger partial charge in [0.25, 0.3) is 5.91 Å². The summed E-state index contributed by atoms with van der Waals surface area (Å²) in [6.45, 7) is 3.35. The first kappa shape index (κ1) is 14.4. The maximum Gasteiger partial charge on any atom is 0.269 e. The maximum absolute atomic E-state index is 13.3. The standard InChI is InChI=1S/C13H10F2N2O2/c1-2-3-12(18)9(7-16)13(19)17-11-5-4-8(14)6-10(11)15/h2,4-6,18H,1,3H2,(H,17,19)/b12-9-. The second-order valence-electron chi connectivity index (χ2n) is 3.50. The smallest absolute Gasteiger partial charge is 0.269 e. The van der Waals surface area contributed by atoms with Gasteiger partial charge < -0.3 is 10.4 Å². The van der Waals surface area contributed by atoms with Crippen molar-refractivity contribution in [3.8, 4) is 6.07 Å². The van der Waals surface area contributed by atoms with Gasteiger partial charge >= 0.3 is 0 Å². The third-order valence-corrected chi connectivity index (χ3v) is 2.14. The van der Waals surface area contributed by atoms with Crippen LogP contribution in [0.5, 0.6) is 0 Å². The Hall–Kier alpha value is -2.68. The zero-order valence-corrected chi connectivity index (χ0v) is 9.78. The molecule has 4 nitrogen and oxygen atoms in total. The van der Waals surface area contributed by atoms with Crippen molar-refractivity contribution in [2.24, 2.45) is 0 Å². The van der Waals surface area contributed by atoms with Crippen LogP contribution < -0.4 is 5.32 Å². The van der Waals surface area contributed by atoms with Gasteiger partial charge in [0, 0.05) is 12.5 Å². The fourth-order valence-electron chi connectivity index (χ4n) is 1.26. The van der Waals surface area contributed by atoms with Crippen LogP contribution in [0.1, 0.15) is 6.42 Å². The molecule has 0 atom stereocenters. The molecule has 19 heavy (non-hydrogen) atoms. The number of amides is 1. The van der Waals surface area contributed by atoms with E-state index in [0.29, 0.717) is 6.07 Å². The molecule has 6 heteroatoms. The van der Waals surface area contributed by atoms with E-state index in [0.717, 1.165) is 12.1 Å². The number of carbonyl (C=O) groups excluding carboxylic acids is 1. The molecule has 0 unspecified atom stereocenters. The molecule has 0 spiro atoms. The Morgan fingerprint density at radius 2 is 2.21 bits per heavy atom. The molecule has 98 valence electrons.